The van der Waals surface area contributed by atoms with Crippen LogP contribution in [0.15, 0.2) is 48.5 Å². The summed E-state index contributed by atoms with van der Waals surface area (Å²) in [4.78, 5) is 23.1. The van der Waals surface area contributed by atoms with E-state index in [2.05, 4.69) is 21.9 Å². The Morgan fingerprint density at radius 1 is 1.04 bits per heavy atom. The van der Waals surface area contributed by atoms with Crippen LogP contribution in [0.4, 0.5) is 13.2 Å². The van der Waals surface area contributed by atoms with Crippen LogP contribution >= 0.6 is 0 Å². The van der Waals surface area contributed by atoms with Crippen molar-refractivity contribution < 1.29 is 32.2 Å². The Kier molecular flexibility index (Phi) is 6.87. The van der Waals surface area contributed by atoms with Gasteiger partial charge in [0.1, 0.15) is 18.1 Å². The second-order valence-corrected chi connectivity index (χ2v) is 5.26. The molecule has 28 heavy (non-hydrogen) atoms. The van der Waals surface area contributed by atoms with Gasteiger partial charge in [-0.1, -0.05) is 24.0 Å². The summed E-state index contributed by atoms with van der Waals surface area (Å²) < 4.78 is 45.3. The van der Waals surface area contributed by atoms with Crippen LogP contribution in [0.3, 0.4) is 0 Å². The van der Waals surface area contributed by atoms with Crippen LogP contribution in [0.1, 0.15) is 20.7 Å². The fourth-order valence-corrected chi connectivity index (χ4v) is 2.06. The number of primary amides is 1. The average Bonchev–Trinajstić information content (AvgIpc) is 2.64. The molecule has 0 spiro atoms. The predicted octanol–water partition coefficient (Wildman–Crippen LogP) is 2.50. The summed E-state index contributed by atoms with van der Waals surface area (Å²) in [6, 6.07) is 10.9. The Bertz CT molecular complexity index is 900. The van der Waals surface area contributed by atoms with Crippen LogP contribution in [0, 0.1) is 11.8 Å². The zero-order valence-electron chi connectivity index (χ0n) is 14.4. The summed E-state index contributed by atoms with van der Waals surface area (Å²) in [5, 5.41) is 2.49. The average molecular weight is 392 g/mol. The molecule has 0 fully saturated rings. The Balaban J connectivity index is 1.80. The van der Waals surface area contributed by atoms with Crippen molar-refractivity contribution in [3.8, 4) is 23.3 Å². The SMILES string of the molecule is NC(=O)c1ccccc1OCC#CCNC(=O)c1ccc(OC(F)(F)F)cc1. The van der Waals surface area contributed by atoms with E-state index in [1.54, 1.807) is 18.2 Å². The minimum absolute atomic E-state index is 0.000458. The molecule has 0 saturated heterocycles. The second-order valence-electron chi connectivity index (χ2n) is 5.26. The highest BCUT2D eigenvalue weighted by Gasteiger charge is 2.31. The summed E-state index contributed by atoms with van der Waals surface area (Å²) in [6.45, 7) is -0.0237. The molecule has 0 aliphatic rings. The van der Waals surface area contributed by atoms with Gasteiger partial charge >= 0.3 is 6.36 Å². The number of para-hydroxylation sites is 1. The second kappa shape index (κ2) is 9.32. The van der Waals surface area contributed by atoms with Crippen molar-refractivity contribution in [2.75, 3.05) is 13.2 Å². The van der Waals surface area contributed by atoms with Gasteiger partial charge in [0.2, 0.25) is 0 Å². The number of hydrogen-bond acceptors (Lipinski definition) is 4. The molecule has 6 nitrogen and oxygen atoms in total. The highest BCUT2D eigenvalue weighted by Crippen LogP contribution is 2.22. The van der Waals surface area contributed by atoms with Gasteiger partial charge in [-0.15, -0.1) is 13.2 Å². The lowest BCUT2D eigenvalue weighted by molar-refractivity contribution is -0.274. The van der Waals surface area contributed by atoms with Gasteiger partial charge in [0.15, 0.2) is 0 Å². The summed E-state index contributed by atoms with van der Waals surface area (Å²) in [6.07, 6.45) is -4.79. The van der Waals surface area contributed by atoms with Crippen LogP contribution in [-0.4, -0.2) is 31.3 Å². The van der Waals surface area contributed by atoms with Gasteiger partial charge < -0.3 is 20.5 Å². The number of hydrogen-bond donors (Lipinski definition) is 2. The van der Waals surface area contributed by atoms with E-state index in [0.717, 1.165) is 12.1 Å². The van der Waals surface area contributed by atoms with Crippen LogP contribution in [-0.2, 0) is 0 Å². The fraction of sp³-hybridized carbons (Fsp3) is 0.158. The van der Waals surface area contributed by atoms with Gasteiger partial charge in [-0.25, -0.2) is 0 Å². The maximum Gasteiger partial charge on any atom is 0.573 e. The lowest BCUT2D eigenvalue weighted by atomic mass is 10.2. The van der Waals surface area contributed by atoms with Crippen molar-refractivity contribution in [3.63, 3.8) is 0 Å². The fourth-order valence-electron chi connectivity index (χ4n) is 2.06. The van der Waals surface area contributed by atoms with Crippen molar-refractivity contribution in [2.45, 2.75) is 6.36 Å². The first-order chi connectivity index (χ1) is 13.3. The maximum atomic E-state index is 12.1. The van der Waals surface area contributed by atoms with Crippen LogP contribution in [0.25, 0.3) is 0 Å². The van der Waals surface area contributed by atoms with Gasteiger partial charge in [-0.2, -0.15) is 0 Å². The van der Waals surface area contributed by atoms with E-state index in [1.165, 1.54) is 18.2 Å². The number of carbonyl (C=O) groups excluding carboxylic acids is 2. The third-order valence-electron chi connectivity index (χ3n) is 3.26. The predicted molar refractivity (Wildman–Crippen MR) is 93.7 cm³/mol. The highest BCUT2D eigenvalue weighted by molar-refractivity contribution is 5.95. The van der Waals surface area contributed by atoms with E-state index in [-0.39, 0.29) is 24.3 Å². The lowest BCUT2D eigenvalue weighted by Crippen LogP contribution is -2.23. The first-order valence-corrected chi connectivity index (χ1v) is 7.87. The molecule has 0 aliphatic carbocycles. The molecule has 2 aromatic carbocycles. The molecular formula is C19H15F3N2O4. The Labute approximate surface area is 158 Å². The number of carbonyl (C=O) groups is 2. The topological polar surface area (TPSA) is 90.7 Å². The minimum Gasteiger partial charge on any atom is -0.480 e. The maximum absolute atomic E-state index is 12.1. The van der Waals surface area contributed by atoms with E-state index in [9.17, 15) is 22.8 Å². The first kappa shape index (κ1) is 20.6. The molecule has 0 atom stereocenters. The van der Waals surface area contributed by atoms with Crippen molar-refractivity contribution >= 4 is 11.8 Å². The van der Waals surface area contributed by atoms with Crippen LogP contribution in [0.5, 0.6) is 11.5 Å². The molecule has 0 aliphatic heterocycles. The third kappa shape index (κ3) is 6.57. The molecule has 9 heteroatoms. The molecule has 146 valence electrons. The number of halogens is 3. The Morgan fingerprint density at radius 3 is 2.36 bits per heavy atom. The van der Waals surface area contributed by atoms with Gasteiger partial charge in [0.25, 0.3) is 11.8 Å². The largest absolute Gasteiger partial charge is 0.573 e. The Morgan fingerprint density at radius 2 is 1.71 bits per heavy atom. The normalized spacial score (nSPS) is 10.4. The van der Waals surface area contributed by atoms with Crippen LogP contribution in [0.2, 0.25) is 0 Å². The number of benzene rings is 2. The van der Waals surface area contributed by atoms with E-state index >= 15 is 0 Å². The molecule has 2 aromatic rings. The summed E-state index contributed by atoms with van der Waals surface area (Å²) in [7, 11) is 0. The number of nitrogens with one attached hydrogen (secondary N) is 1. The molecule has 2 rings (SSSR count). The molecular weight excluding hydrogens is 377 g/mol. The summed E-state index contributed by atoms with van der Waals surface area (Å²) in [5.41, 5.74) is 5.62. The smallest absolute Gasteiger partial charge is 0.480 e. The molecule has 0 radical (unpaired) electrons. The van der Waals surface area contributed by atoms with Gasteiger partial charge in [0.05, 0.1) is 12.1 Å². The van der Waals surface area contributed by atoms with E-state index < -0.39 is 23.9 Å². The molecule has 0 aromatic heterocycles. The first-order valence-electron chi connectivity index (χ1n) is 7.87. The zero-order chi connectivity index (χ0) is 20.6. The van der Waals surface area contributed by atoms with E-state index in [4.69, 9.17) is 10.5 Å². The van der Waals surface area contributed by atoms with E-state index in [1.807, 2.05) is 0 Å². The molecule has 0 saturated carbocycles. The molecule has 2 amide bonds. The van der Waals surface area contributed by atoms with Crippen LogP contribution < -0.4 is 20.5 Å². The molecule has 3 N–H and O–H groups in total. The zero-order valence-corrected chi connectivity index (χ0v) is 14.4. The summed E-state index contributed by atoms with van der Waals surface area (Å²) >= 11 is 0. The van der Waals surface area contributed by atoms with Crippen molar-refractivity contribution in [3.05, 3.63) is 59.7 Å². The van der Waals surface area contributed by atoms with Gasteiger partial charge in [-0.3, -0.25) is 9.59 Å². The molecule has 0 bridgehead atoms. The minimum atomic E-state index is -4.79. The lowest BCUT2D eigenvalue weighted by Gasteiger charge is -2.09. The van der Waals surface area contributed by atoms with Crippen molar-refractivity contribution in [1.29, 1.82) is 0 Å². The molecule has 0 unspecified atom stereocenters. The van der Waals surface area contributed by atoms with Crippen molar-refractivity contribution in [2.24, 2.45) is 5.73 Å². The number of rotatable bonds is 6. The quantitative estimate of drug-likeness (QED) is 0.739. The van der Waals surface area contributed by atoms with E-state index in [0.29, 0.717) is 5.75 Å². The number of nitrogens with two attached hydrogens (primary N) is 1. The summed E-state index contributed by atoms with van der Waals surface area (Å²) in [5.74, 6) is 4.06. The monoisotopic (exact) mass is 392 g/mol. The van der Waals surface area contributed by atoms with Crippen molar-refractivity contribution in [1.82, 2.24) is 5.32 Å². The number of amides is 2. The third-order valence-corrected chi connectivity index (χ3v) is 3.26. The number of ether oxygens (including phenoxy) is 2. The Hall–Kier alpha value is -3.67. The van der Waals surface area contributed by atoms with Gasteiger partial charge in [-0.05, 0) is 36.4 Å². The van der Waals surface area contributed by atoms with Gasteiger partial charge in [0, 0.05) is 5.56 Å². The highest BCUT2D eigenvalue weighted by atomic mass is 19.4. The molecule has 0 heterocycles. The standard InChI is InChI=1S/C19H15F3N2O4/c20-19(21,22)28-14-9-7-13(8-10-14)18(26)24-11-3-4-12-27-16-6-2-1-5-15(16)17(23)25/h1-2,5-10H,11-12H2,(H2,23,25)(H,24,26). The number of alkyl halides is 3.